The predicted octanol–water partition coefficient (Wildman–Crippen LogP) is -2.38. The van der Waals surface area contributed by atoms with Crippen LogP contribution in [-0.2, 0) is 14.2 Å². The predicted molar refractivity (Wildman–Crippen MR) is 68.4 cm³/mol. The Bertz CT molecular complexity index is 308. The summed E-state index contributed by atoms with van der Waals surface area (Å²) in [5, 5.41) is 29.2. The molecular formula is C12H24N2O6. The quantitative estimate of drug-likeness (QED) is 0.387. The highest BCUT2D eigenvalue weighted by atomic mass is 16.8. The Morgan fingerprint density at radius 1 is 0.950 bits per heavy atom. The Labute approximate surface area is 117 Å². The van der Waals surface area contributed by atoms with Gasteiger partial charge in [0.05, 0.1) is 18.3 Å². The van der Waals surface area contributed by atoms with Gasteiger partial charge in [-0.2, -0.15) is 0 Å². The van der Waals surface area contributed by atoms with E-state index in [-0.39, 0.29) is 19.1 Å². The molecule has 0 amide bonds. The van der Waals surface area contributed by atoms with Crippen molar-refractivity contribution < 1.29 is 29.5 Å². The van der Waals surface area contributed by atoms with Gasteiger partial charge in [-0.3, -0.25) is 0 Å². The van der Waals surface area contributed by atoms with Crippen LogP contribution in [-0.4, -0.2) is 71.5 Å². The maximum atomic E-state index is 9.75. The van der Waals surface area contributed by atoms with Crippen LogP contribution in [0.1, 0.15) is 19.3 Å². The third kappa shape index (κ3) is 3.86. The maximum Gasteiger partial charge on any atom is 0.163 e. The molecule has 8 heteroatoms. The first-order chi connectivity index (χ1) is 9.53. The van der Waals surface area contributed by atoms with Gasteiger partial charge in [-0.1, -0.05) is 0 Å². The van der Waals surface area contributed by atoms with Gasteiger partial charge < -0.3 is 41.0 Å². The van der Waals surface area contributed by atoms with E-state index in [9.17, 15) is 15.3 Å². The van der Waals surface area contributed by atoms with Crippen molar-refractivity contribution in [2.45, 2.75) is 62.4 Å². The van der Waals surface area contributed by atoms with Crippen molar-refractivity contribution in [1.82, 2.24) is 0 Å². The van der Waals surface area contributed by atoms with E-state index in [0.29, 0.717) is 19.4 Å². The zero-order valence-electron chi connectivity index (χ0n) is 11.3. The van der Waals surface area contributed by atoms with Crippen LogP contribution >= 0.6 is 0 Å². The van der Waals surface area contributed by atoms with Gasteiger partial charge in [0.2, 0.25) is 0 Å². The molecule has 2 saturated heterocycles. The van der Waals surface area contributed by atoms with Crippen LogP contribution < -0.4 is 11.5 Å². The van der Waals surface area contributed by atoms with Crippen LogP contribution in [0.4, 0.5) is 0 Å². The molecule has 2 fully saturated rings. The van der Waals surface area contributed by atoms with Crippen molar-refractivity contribution in [2.24, 2.45) is 11.5 Å². The number of nitrogens with two attached hydrogens (primary N) is 2. The van der Waals surface area contributed by atoms with Crippen LogP contribution in [0.25, 0.3) is 0 Å². The first kappa shape index (κ1) is 16.1. The standard InChI is InChI=1S/C12H24N2O6/c13-4-7-1-6(15)2-10(18-7)20-11-3-8(16)12(17)9(5-14)19-11/h6-12,15-17H,1-5,13-14H2/t6?,7-,8?,9?,10+,11+,12-/m0/s1. The monoisotopic (exact) mass is 292 g/mol. The molecule has 2 aliphatic heterocycles. The van der Waals surface area contributed by atoms with Crippen LogP contribution in [0.15, 0.2) is 0 Å². The van der Waals surface area contributed by atoms with Crippen LogP contribution in [0.5, 0.6) is 0 Å². The van der Waals surface area contributed by atoms with Crippen LogP contribution in [0.3, 0.4) is 0 Å². The lowest BCUT2D eigenvalue weighted by Gasteiger charge is -2.39. The van der Waals surface area contributed by atoms with E-state index >= 15 is 0 Å². The fourth-order valence-electron chi connectivity index (χ4n) is 2.55. The third-order valence-corrected chi connectivity index (χ3v) is 3.68. The summed E-state index contributed by atoms with van der Waals surface area (Å²) in [5.74, 6) is 0. The fraction of sp³-hybridized carbons (Fsp3) is 1.00. The van der Waals surface area contributed by atoms with Crippen LogP contribution in [0.2, 0.25) is 0 Å². The van der Waals surface area contributed by atoms with Gasteiger partial charge in [-0.15, -0.1) is 0 Å². The maximum absolute atomic E-state index is 9.75. The number of ether oxygens (including phenoxy) is 3. The van der Waals surface area contributed by atoms with Crippen molar-refractivity contribution in [3.63, 3.8) is 0 Å². The average molecular weight is 292 g/mol. The van der Waals surface area contributed by atoms with Crippen LogP contribution in [0, 0.1) is 0 Å². The minimum atomic E-state index is -1.02. The number of rotatable bonds is 4. The second-order valence-corrected chi connectivity index (χ2v) is 5.32. The summed E-state index contributed by atoms with van der Waals surface area (Å²) in [6.45, 7) is 0.382. The fourth-order valence-corrected chi connectivity index (χ4v) is 2.55. The molecule has 0 aromatic rings. The minimum Gasteiger partial charge on any atom is -0.393 e. The highest BCUT2D eigenvalue weighted by Gasteiger charge is 2.39. The zero-order chi connectivity index (χ0) is 14.7. The smallest absolute Gasteiger partial charge is 0.163 e. The number of hydrogen-bond acceptors (Lipinski definition) is 8. The van der Waals surface area contributed by atoms with Gasteiger partial charge in [0.1, 0.15) is 12.2 Å². The summed E-state index contributed by atoms with van der Waals surface area (Å²) in [5.41, 5.74) is 11.0. The van der Waals surface area contributed by atoms with E-state index in [1.165, 1.54) is 0 Å². The van der Waals surface area contributed by atoms with Gasteiger partial charge in [-0.05, 0) is 0 Å². The minimum absolute atomic E-state index is 0.0810. The van der Waals surface area contributed by atoms with Gasteiger partial charge in [-0.25, -0.2) is 0 Å². The Morgan fingerprint density at radius 3 is 2.30 bits per heavy atom. The lowest BCUT2D eigenvalue weighted by atomic mass is 10.0. The van der Waals surface area contributed by atoms with E-state index in [4.69, 9.17) is 25.7 Å². The third-order valence-electron chi connectivity index (χ3n) is 3.68. The Kier molecular flexibility index (Phi) is 5.70. The molecule has 2 heterocycles. The van der Waals surface area contributed by atoms with E-state index in [1.54, 1.807) is 0 Å². The first-order valence-corrected chi connectivity index (χ1v) is 6.94. The molecule has 7 atom stereocenters. The summed E-state index contributed by atoms with van der Waals surface area (Å²) < 4.78 is 16.7. The Hall–Kier alpha value is -0.320. The molecule has 20 heavy (non-hydrogen) atoms. The van der Waals surface area contributed by atoms with Gasteiger partial charge >= 0.3 is 0 Å². The lowest BCUT2D eigenvalue weighted by Crippen LogP contribution is -2.53. The van der Waals surface area contributed by atoms with E-state index in [2.05, 4.69) is 0 Å². The zero-order valence-corrected chi connectivity index (χ0v) is 11.3. The molecule has 0 spiro atoms. The summed E-state index contributed by atoms with van der Waals surface area (Å²) in [7, 11) is 0. The molecule has 3 unspecified atom stereocenters. The normalized spacial score (nSPS) is 46.4. The first-order valence-electron chi connectivity index (χ1n) is 6.94. The highest BCUT2D eigenvalue weighted by Crippen LogP contribution is 2.26. The molecule has 118 valence electrons. The van der Waals surface area contributed by atoms with Gasteiger partial charge in [0.15, 0.2) is 12.6 Å². The molecule has 0 saturated carbocycles. The van der Waals surface area contributed by atoms with E-state index < -0.39 is 37.0 Å². The number of aliphatic hydroxyl groups is 3. The summed E-state index contributed by atoms with van der Waals surface area (Å²) in [6, 6.07) is 0. The summed E-state index contributed by atoms with van der Waals surface area (Å²) in [6.07, 6.45) is -3.88. The second kappa shape index (κ2) is 7.10. The molecule has 0 bridgehead atoms. The SMILES string of the molecule is NCC1O[C@H](O[C@@H]2CC(O)C[C@@H](CN)O2)CC(O)[C@@H]1O. The van der Waals surface area contributed by atoms with Crippen molar-refractivity contribution in [3.8, 4) is 0 Å². The average Bonchev–Trinajstić information content (AvgIpc) is 2.41. The van der Waals surface area contributed by atoms with Gasteiger partial charge in [0.25, 0.3) is 0 Å². The molecule has 0 aromatic heterocycles. The molecule has 0 aromatic carbocycles. The Morgan fingerprint density at radius 2 is 1.65 bits per heavy atom. The van der Waals surface area contributed by atoms with Crippen molar-refractivity contribution >= 4 is 0 Å². The number of aliphatic hydroxyl groups excluding tert-OH is 3. The number of hydrogen-bond donors (Lipinski definition) is 5. The molecular weight excluding hydrogens is 268 g/mol. The molecule has 8 nitrogen and oxygen atoms in total. The second-order valence-electron chi connectivity index (χ2n) is 5.32. The van der Waals surface area contributed by atoms with Crippen molar-refractivity contribution in [2.75, 3.05) is 13.1 Å². The van der Waals surface area contributed by atoms with E-state index in [0.717, 1.165) is 0 Å². The largest absolute Gasteiger partial charge is 0.393 e. The lowest BCUT2D eigenvalue weighted by molar-refractivity contribution is -0.317. The topological polar surface area (TPSA) is 140 Å². The molecule has 7 N–H and O–H groups in total. The van der Waals surface area contributed by atoms with Crippen molar-refractivity contribution in [1.29, 1.82) is 0 Å². The van der Waals surface area contributed by atoms with Gasteiger partial charge in [0, 0.05) is 32.4 Å². The Balaban J connectivity index is 1.89. The van der Waals surface area contributed by atoms with E-state index in [1.807, 2.05) is 0 Å². The molecule has 0 aliphatic carbocycles. The summed E-state index contributed by atoms with van der Waals surface area (Å²) >= 11 is 0. The summed E-state index contributed by atoms with van der Waals surface area (Å²) in [4.78, 5) is 0. The molecule has 0 radical (unpaired) electrons. The molecule has 2 rings (SSSR count). The highest BCUT2D eigenvalue weighted by molar-refractivity contribution is 4.84. The molecule has 2 aliphatic rings. The van der Waals surface area contributed by atoms with Crippen molar-refractivity contribution in [3.05, 3.63) is 0 Å².